The fraction of sp³-hybridized carbons (Fsp3) is 0.565. The zero-order valence-corrected chi connectivity index (χ0v) is 20.1. The van der Waals surface area contributed by atoms with Crippen molar-refractivity contribution in [1.82, 2.24) is 21.3 Å². The summed E-state index contributed by atoms with van der Waals surface area (Å²) in [6.07, 6.45) is -2.25. The maximum Gasteiger partial charge on any atom is 0.407 e. The highest BCUT2D eigenvalue weighted by atomic mass is 16.6. The van der Waals surface area contributed by atoms with E-state index in [1.807, 2.05) is 6.07 Å². The summed E-state index contributed by atoms with van der Waals surface area (Å²) >= 11 is 0. The molecule has 4 amide bonds. The van der Waals surface area contributed by atoms with Crippen LogP contribution in [0.3, 0.4) is 0 Å². The molecule has 0 radical (unpaired) electrons. The number of likely N-dealkylation sites (N-methyl/N-ethyl adjacent to an activating group) is 1. The molecule has 0 aromatic heterocycles. The number of nitrogens with one attached hydrogen (secondary N) is 4. The van der Waals surface area contributed by atoms with Gasteiger partial charge in [0, 0.05) is 13.5 Å². The predicted molar refractivity (Wildman–Crippen MR) is 123 cm³/mol. The van der Waals surface area contributed by atoms with E-state index in [1.54, 1.807) is 58.9 Å². The fourth-order valence-corrected chi connectivity index (χ4v) is 2.86. The van der Waals surface area contributed by atoms with Crippen molar-refractivity contribution in [1.29, 1.82) is 0 Å². The second kappa shape index (κ2) is 12.8. The van der Waals surface area contributed by atoms with E-state index in [0.717, 1.165) is 5.56 Å². The molecule has 10 heteroatoms. The van der Waals surface area contributed by atoms with Gasteiger partial charge in [-0.2, -0.15) is 0 Å². The third-order valence-corrected chi connectivity index (χ3v) is 4.55. The van der Waals surface area contributed by atoms with Crippen molar-refractivity contribution < 1.29 is 29.0 Å². The molecular weight excluding hydrogens is 428 g/mol. The van der Waals surface area contributed by atoms with Crippen LogP contribution in [0.4, 0.5) is 4.79 Å². The van der Waals surface area contributed by atoms with Crippen molar-refractivity contribution in [3.8, 4) is 0 Å². The summed E-state index contributed by atoms with van der Waals surface area (Å²) in [7, 11) is 1.47. The van der Waals surface area contributed by atoms with Crippen LogP contribution in [0.5, 0.6) is 0 Å². The molecular formula is C23H36N4O6. The Morgan fingerprint density at radius 1 is 0.970 bits per heavy atom. The molecule has 1 aromatic carbocycles. The third-order valence-electron chi connectivity index (χ3n) is 4.55. The summed E-state index contributed by atoms with van der Waals surface area (Å²) < 4.78 is 5.07. The molecule has 0 heterocycles. The number of hydrogen-bond donors (Lipinski definition) is 5. The van der Waals surface area contributed by atoms with E-state index in [2.05, 4.69) is 21.3 Å². The van der Waals surface area contributed by atoms with Crippen molar-refractivity contribution >= 4 is 23.8 Å². The van der Waals surface area contributed by atoms with Crippen LogP contribution in [0.25, 0.3) is 0 Å². The van der Waals surface area contributed by atoms with Gasteiger partial charge in [0.15, 0.2) is 0 Å². The minimum absolute atomic E-state index is 0.142. The molecule has 10 nitrogen and oxygen atoms in total. The number of amides is 4. The lowest BCUT2D eigenvalue weighted by Crippen LogP contribution is -2.57. The fourth-order valence-electron chi connectivity index (χ4n) is 2.86. The zero-order valence-electron chi connectivity index (χ0n) is 20.1. The quantitative estimate of drug-likeness (QED) is 0.341. The van der Waals surface area contributed by atoms with Gasteiger partial charge in [-0.3, -0.25) is 14.4 Å². The molecule has 33 heavy (non-hydrogen) atoms. The molecule has 0 fully saturated rings. The van der Waals surface area contributed by atoms with Crippen LogP contribution < -0.4 is 21.3 Å². The van der Waals surface area contributed by atoms with Crippen LogP contribution in [0.2, 0.25) is 0 Å². The summed E-state index contributed by atoms with van der Waals surface area (Å²) in [6, 6.07) is 7.17. The van der Waals surface area contributed by atoms with Gasteiger partial charge in [0.05, 0.1) is 6.54 Å². The molecule has 0 saturated carbocycles. The maximum atomic E-state index is 13.0. The highest BCUT2D eigenvalue weighted by molar-refractivity contribution is 5.93. The lowest BCUT2D eigenvalue weighted by atomic mass is 10.0. The molecule has 1 aromatic rings. The molecule has 1 rings (SSSR count). The Kier molecular flexibility index (Phi) is 10.8. The van der Waals surface area contributed by atoms with E-state index in [0.29, 0.717) is 0 Å². The molecule has 0 bridgehead atoms. The normalized spacial score (nSPS) is 13.9. The molecule has 1 unspecified atom stereocenters. The number of ether oxygens (including phenoxy) is 1. The van der Waals surface area contributed by atoms with Gasteiger partial charge in [-0.25, -0.2) is 4.79 Å². The molecule has 0 aliphatic heterocycles. The average Bonchev–Trinajstić information content (AvgIpc) is 2.73. The predicted octanol–water partition coefficient (Wildman–Crippen LogP) is 0.486. The van der Waals surface area contributed by atoms with Crippen LogP contribution >= 0.6 is 0 Å². The van der Waals surface area contributed by atoms with Crippen LogP contribution in [-0.2, 0) is 25.5 Å². The monoisotopic (exact) mass is 464 g/mol. The second-order valence-corrected chi connectivity index (χ2v) is 8.99. The molecule has 0 saturated heterocycles. The zero-order chi connectivity index (χ0) is 25.2. The van der Waals surface area contributed by atoms with Crippen LogP contribution in [0, 0.1) is 5.92 Å². The van der Waals surface area contributed by atoms with E-state index in [1.165, 1.54) is 7.05 Å². The maximum absolute atomic E-state index is 13.0. The Hall–Kier alpha value is -3.14. The lowest BCUT2D eigenvalue weighted by Gasteiger charge is -2.25. The van der Waals surface area contributed by atoms with Crippen molar-refractivity contribution in [2.75, 3.05) is 13.6 Å². The minimum atomic E-state index is -1.61. The molecule has 184 valence electrons. The third kappa shape index (κ3) is 10.3. The summed E-state index contributed by atoms with van der Waals surface area (Å²) in [6.45, 7) is 8.24. The van der Waals surface area contributed by atoms with Crippen molar-refractivity contribution in [2.45, 2.75) is 64.8 Å². The topological polar surface area (TPSA) is 146 Å². The highest BCUT2D eigenvalue weighted by Crippen LogP contribution is 2.08. The SMILES string of the molecule is CNC(=O)[C@@H](NC(=O)[C@H](Cc1ccccc1)NC(=O)C(O)CNC(=O)OC(C)(C)C)C(C)C. The Labute approximate surface area is 194 Å². The van der Waals surface area contributed by atoms with E-state index in [9.17, 15) is 24.3 Å². The number of benzene rings is 1. The number of aliphatic hydroxyl groups excluding tert-OH is 1. The first-order valence-corrected chi connectivity index (χ1v) is 10.8. The van der Waals surface area contributed by atoms with Crippen LogP contribution in [0.15, 0.2) is 30.3 Å². The molecule has 0 aliphatic carbocycles. The van der Waals surface area contributed by atoms with Crippen molar-refractivity contribution in [2.24, 2.45) is 5.92 Å². The highest BCUT2D eigenvalue weighted by Gasteiger charge is 2.30. The van der Waals surface area contributed by atoms with Gasteiger partial charge >= 0.3 is 6.09 Å². The standard InChI is InChI=1S/C23H36N4O6/c1-14(2)18(21(31)24-6)27-19(29)16(12-15-10-8-7-9-11-15)26-20(30)17(28)13-25-22(32)33-23(3,4)5/h7-11,14,16-18,28H,12-13H2,1-6H3,(H,24,31)(H,25,32)(H,26,30)(H,27,29)/t16-,17?,18-/m0/s1. The van der Waals surface area contributed by atoms with E-state index in [4.69, 9.17) is 4.74 Å². The molecule has 5 N–H and O–H groups in total. The van der Waals surface area contributed by atoms with Gasteiger partial charge in [-0.1, -0.05) is 44.2 Å². The van der Waals surface area contributed by atoms with E-state index >= 15 is 0 Å². The van der Waals surface area contributed by atoms with Crippen molar-refractivity contribution in [3.05, 3.63) is 35.9 Å². The number of aliphatic hydroxyl groups is 1. The van der Waals surface area contributed by atoms with Crippen molar-refractivity contribution in [3.63, 3.8) is 0 Å². The largest absolute Gasteiger partial charge is 0.444 e. The number of carbonyl (C=O) groups is 4. The van der Waals surface area contributed by atoms with Gasteiger partial charge in [0.2, 0.25) is 11.8 Å². The first kappa shape index (κ1) is 27.9. The summed E-state index contributed by atoms with van der Waals surface area (Å²) in [5, 5.41) is 20.2. The van der Waals surface area contributed by atoms with Gasteiger partial charge in [-0.05, 0) is 32.3 Å². The molecule has 0 aliphatic rings. The van der Waals surface area contributed by atoms with E-state index < -0.39 is 48.2 Å². The van der Waals surface area contributed by atoms with Gasteiger partial charge in [0.1, 0.15) is 23.8 Å². The smallest absolute Gasteiger partial charge is 0.407 e. The second-order valence-electron chi connectivity index (χ2n) is 8.99. The van der Waals surface area contributed by atoms with Gasteiger partial charge in [0.25, 0.3) is 5.91 Å². The summed E-state index contributed by atoms with van der Waals surface area (Å²) in [5.74, 6) is -1.96. The number of alkyl carbamates (subject to hydrolysis) is 1. The van der Waals surface area contributed by atoms with Crippen LogP contribution in [-0.4, -0.2) is 66.3 Å². The van der Waals surface area contributed by atoms with E-state index in [-0.39, 0.29) is 18.2 Å². The van der Waals surface area contributed by atoms with Gasteiger partial charge in [-0.15, -0.1) is 0 Å². The Morgan fingerprint density at radius 2 is 1.58 bits per heavy atom. The molecule has 0 spiro atoms. The number of rotatable bonds is 10. The summed E-state index contributed by atoms with van der Waals surface area (Å²) in [5.41, 5.74) is 0.0498. The van der Waals surface area contributed by atoms with Gasteiger partial charge < -0.3 is 31.1 Å². The first-order chi connectivity index (χ1) is 15.3. The molecule has 3 atom stereocenters. The first-order valence-electron chi connectivity index (χ1n) is 10.8. The Bertz CT molecular complexity index is 807. The lowest BCUT2D eigenvalue weighted by molar-refractivity contribution is -0.135. The van der Waals surface area contributed by atoms with Crippen LogP contribution in [0.1, 0.15) is 40.2 Å². The summed E-state index contributed by atoms with van der Waals surface area (Å²) in [4.78, 5) is 49.4. The Morgan fingerprint density at radius 3 is 2.09 bits per heavy atom. The average molecular weight is 465 g/mol. The minimum Gasteiger partial charge on any atom is -0.444 e. The number of carbonyl (C=O) groups excluding carboxylic acids is 4. The Balaban J connectivity index is 2.89. The number of hydrogen-bond acceptors (Lipinski definition) is 6.